The molecule has 1 unspecified atom stereocenters. The van der Waals surface area contributed by atoms with Crippen LogP contribution < -0.4 is 4.74 Å². The first-order chi connectivity index (χ1) is 13.8. The van der Waals surface area contributed by atoms with Crippen LogP contribution in [0.2, 0.25) is 0 Å². The smallest absolute Gasteiger partial charge is 0.224 e. The number of Topliss-reactive ketones (excluding diaryl/α,β-unsaturated/α-hetero) is 1. The zero-order valence-corrected chi connectivity index (χ0v) is 17.6. The fourth-order valence-corrected chi connectivity index (χ4v) is 4.47. The van der Waals surface area contributed by atoms with E-state index in [1.807, 2.05) is 55.5 Å². The number of hydrogen-bond acceptors (Lipinski definition) is 5. The molecule has 4 rings (SSSR count). The molecule has 1 atom stereocenters. The van der Waals surface area contributed by atoms with Crippen molar-refractivity contribution in [3.05, 3.63) is 41.0 Å². The van der Waals surface area contributed by atoms with Crippen LogP contribution in [-0.2, 0) is 4.79 Å². The average Bonchev–Trinajstić information content (AvgIpc) is 3.01. The van der Waals surface area contributed by atoms with E-state index in [0.29, 0.717) is 50.1 Å². The number of carbonyl (C=O) groups is 2. The Kier molecular flexibility index (Phi) is 4.92. The Bertz CT molecular complexity index is 957. The lowest BCUT2D eigenvalue weighted by atomic mass is 9.82. The number of ether oxygens (including phenoxy) is 1. The molecule has 0 aliphatic carbocycles. The maximum absolute atomic E-state index is 12.8. The van der Waals surface area contributed by atoms with Crippen molar-refractivity contribution in [3.63, 3.8) is 0 Å². The molecule has 0 N–H and O–H groups in total. The van der Waals surface area contributed by atoms with E-state index in [1.165, 1.54) is 0 Å². The zero-order chi connectivity index (χ0) is 20.8. The molecule has 1 aromatic carbocycles. The van der Waals surface area contributed by atoms with Gasteiger partial charge in [0.05, 0.1) is 18.0 Å². The topological polar surface area (TPSA) is 77.3 Å². The van der Waals surface area contributed by atoms with Crippen molar-refractivity contribution in [2.75, 3.05) is 13.1 Å². The monoisotopic (exact) mass is 396 g/mol. The summed E-state index contributed by atoms with van der Waals surface area (Å²) in [6.07, 6.45) is 2.12. The fourth-order valence-electron chi connectivity index (χ4n) is 4.47. The number of fused-ring (bicyclic) bond motifs is 1. The van der Waals surface area contributed by atoms with Gasteiger partial charge in [-0.15, -0.1) is 0 Å². The Morgan fingerprint density at radius 3 is 2.62 bits per heavy atom. The summed E-state index contributed by atoms with van der Waals surface area (Å²) < 4.78 is 8.12. The van der Waals surface area contributed by atoms with Gasteiger partial charge in [0, 0.05) is 32.4 Å². The highest BCUT2D eigenvalue weighted by Gasteiger charge is 2.43. The van der Waals surface area contributed by atoms with Gasteiger partial charge in [-0.1, -0.05) is 11.6 Å². The number of rotatable bonds is 3. The second kappa shape index (κ2) is 7.28. The standard InChI is InChI=1S/C22H28N4O3/c1-14-5-6-20-18(11-14)19(27)13-22(29-20)7-9-25(10-8-22)21(28)12-15(2)26-17(4)23-16(3)24-26/h5-6,11,15H,7-10,12-13H2,1-4H3. The van der Waals surface area contributed by atoms with Crippen LogP contribution in [0.4, 0.5) is 0 Å². The number of ketones is 1. The molecule has 154 valence electrons. The summed E-state index contributed by atoms with van der Waals surface area (Å²) in [5.74, 6) is 2.47. The minimum absolute atomic E-state index is 0.0396. The van der Waals surface area contributed by atoms with Gasteiger partial charge in [-0.3, -0.25) is 9.59 Å². The average molecular weight is 396 g/mol. The third-order valence-electron chi connectivity index (χ3n) is 6.07. The van der Waals surface area contributed by atoms with Crippen molar-refractivity contribution in [2.45, 2.75) is 65.0 Å². The molecule has 1 saturated heterocycles. The Morgan fingerprint density at radius 1 is 1.24 bits per heavy atom. The summed E-state index contributed by atoms with van der Waals surface area (Å²) in [6, 6.07) is 5.73. The first-order valence-electron chi connectivity index (χ1n) is 10.3. The summed E-state index contributed by atoms with van der Waals surface area (Å²) in [5.41, 5.74) is 1.26. The predicted octanol–water partition coefficient (Wildman–Crippen LogP) is 3.18. The lowest BCUT2D eigenvalue weighted by Gasteiger charge is -2.44. The lowest BCUT2D eigenvalue weighted by molar-refractivity contribution is -0.135. The van der Waals surface area contributed by atoms with Crippen LogP contribution in [0.3, 0.4) is 0 Å². The van der Waals surface area contributed by atoms with Crippen LogP contribution >= 0.6 is 0 Å². The summed E-state index contributed by atoms with van der Waals surface area (Å²) in [6.45, 7) is 8.94. The highest BCUT2D eigenvalue weighted by atomic mass is 16.5. The molecule has 2 aliphatic heterocycles. The van der Waals surface area contributed by atoms with Crippen molar-refractivity contribution < 1.29 is 14.3 Å². The maximum Gasteiger partial charge on any atom is 0.224 e. The van der Waals surface area contributed by atoms with Crippen LogP contribution in [0.5, 0.6) is 5.75 Å². The van der Waals surface area contributed by atoms with Gasteiger partial charge in [0.25, 0.3) is 0 Å². The van der Waals surface area contributed by atoms with Gasteiger partial charge in [-0.2, -0.15) is 5.10 Å². The second-order valence-corrected chi connectivity index (χ2v) is 8.47. The molecule has 29 heavy (non-hydrogen) atoms. The van der Waals surface area contributed by atoms with E-state index in [0.717, 1.165) is 17.2 Å². The van der Waals surface area contributed by atoms with Crippen molar-refractivity contribution in [3.8, 4) is 5.75 Å². The van der Waals surface area contributed by atoms with Gasteiger partial charge < -0.3 is 9.64 Å². The Hall–Kier alpha value is -2.70. The molecular formula is C22H28N4O3. The van der Waals surface area contributed by atoms with Gasteiger partial charge in [0.15, 0.2) is 5.78 Å². The van der Waals surface area contributed by atoms with Crippen LogP contribution in [0.25, 0.3) is 0 Å². The van der Waals surface area contributed by atoms with Gasteiger partial charge in [0.1, 0.15) is 23.0 Å². The van der Waals surface area contributed by atoms with Crippen LogP contribution in [-0.4, -0.2) is 50.0 Å². The fraction of sp³-hybridized carbons (Fsp3) is 0.545. The third kappa shape index (κ3) is 3.78. The van der Waals surface area contributed by atoms with Crippen molar-refractivity contribution in [1.82, 2.24) is 19.7 Å². The van der Waals surface area contributed by atoms with E-state index in [4.69, 9.17) is 4.74 Å². The highest BCUT2D eigenvalue weighted by molar-refractivity contribution is 6.00. The van der Waals surface area contributed by atoms with Crippen molar-refractivity contribution in [1.29, 1.82) is 0 Å². The minimum atomic E-state index is -0.485. The number of carbonyl (C=O) groups excluding carboxylic acids is 2. The molecule has 3 heterocycles. The van der Waals surface area contributed by atoms with Crippen LogP contribution in [0, 0.1) is 20.8 Å². The SMILES string of the molecule is Cc1ccc2c(c1)C(=O)CC1(CCN(C(=O)CC(C)n3nc(C)nc3C)CC1)O2. The molecule has 7 nitrogen and oxygen atoms in total. The first kappa shape index (κ1) is 19.6. The summed E-state index contributed by atoms with van der Waals surface area (Å²) in [7, 11) is 0. The van der Waals surface area contributed by atoms with E-state index in [-0.39, 0.29) is 17.7 Å². The molecule has 1 spiro atoms. The molecule has 0 saturated carbocycles. The number of benzene rings is 1. The Labute approximate surface area is 171 Å². The number of hydrogen-bond donors (Lipinski definition) is 0. The van der Waals surface area contributed by atoms with E-state index in [9.17, 15) is 9.59 Å². The largest absolute Gasteiger partial charge is 0.486 e. The second-order valence-electron chi connectivity index (χ2n) is 8.47. The molecule has 7 heteroatoms. The van der Waals surface area contributed by atoms with Gasteiger partial charge in [-0.05, 0) is 39.8 Å². The van der Waals surface area contributed by atoms with Crippen LogP contribution in [0.1, 0.15) is 66.2 Å². The van der Waals surface area contributed by atoms with E-state index in [1.54, 1.807) is 0 Å². The summed E-state index contributed by atoms with van der Waals surface area (Å²) in [5, 5.41) is 4.39. The van der Waals surface area contributed by atoms with E-state index >= 15 is 0 Å². The molecule has 0 bridgehead atoms. The van der Waals surface area contributed by atoms with Crippen molar-refractivity contribution in [2.24, 2.45) is 0 Å². The molecule has 2 aliphatic rings. The number of aryl methyl sites for hydroxylation is 3. The van der Waals surface area contributed by atoms with E-state index < -0.39 is 5.60 Å². The maximum atomic E-state index is 12.8. The Morgan fingerprint density at radius 2 is 1.97 bits per heavy atom. The molecule has 1 aromatic heterocycles. The molecule has 2 aromatic rings. The molecule has 1 fully saturated rings. The van der Waals surface area contributed by atoms with Crippen LogP contribution in [0.15, 0.2) is 18.2 Å². The number of piperidine rings is 1. The minimum Gasteiger partial charge on any atom is -0.486 e. The van der Waals surface area contributed by atoms with Gasteiger partial charge in [0.2, 0.25) is 5.91 Å². The molecule has 1 amide bonds. The molecular weight excluding hydrogens is 368 g/mol. The number of aromatic nitrogens is 3. The summed E-state index contributed by atoms with van der Waals surface area (Å²) in [4.78, 5) is 31.7. The first-order valence-corrected chi connectivity index (χ1v) is 10.3. The number of nitrogens with zero attached hydrogens (tertiary/aromatic N) is 4. The number of likely N-dealkylation sites (tertiary alicyclic amines) is 1. The normalized spacial score (nSPS) is 19.0. The van der Waals surface area contributed by atoms with Gasteiger partial charge >= 0.3 is 0 Å². The zero-order valence-electron chi connectivity index (χ0n) is 17.6. The Balaban J connectivity index is 1.39. The lowest BCUT2D eigenvalue weighted by Crippen LogP contribution is -2.52. The predicted molar refractivity (Wildman–Crippen MR) is 108 cm³/mol. The number of amides is 1. The van der Waals surface area contributed by atoms with Crippen molar-refractivity contribution >= 4 is 11.7 Å². The quantitative estimate of drug-likeness (QED) is 0.796. The van der Waals surface area contributed by atoms with E-state index in [2.05, 4.69) is 10.1 Å². The highest BCUT2D eigenvalue weighted by Crippen LogP contribution is 2.39. The summed E-state index contributed by atoms with van der Waals surface area (Å²) >= 11 is 0. The third-order valence-corrected chi connectivity index (χ3v) is 6.07. The molecule has 0 radical (unpaired) electrons. The van der Waals surface area contributed by atoms with Gasteiger partial charge in [-0.25, -0.2) is 9.67 Å².